The molecule has 0 saturated carbocycles. The molecule has 1 heterocycles. The highest BCUT2D eigenvalue weighted by atomic mass is 16.2. The van der Waals surface area contributed by atoms with E-state index >= 15 is 0 Å². The molecule has 1 N–H and O–H groups in total. The number of aryl methyl sites for hydroxylation is 1. The van der Waals surface area contributed by atoms with Crippen LogP contribution in [0.3, 0.4) is 0 Å². The van der Waals surface area contributed by atoms with Crippen LogP contribution in [0.25, 0.3) is 0 Å². The van der Waals surface area contributed by atoms with Crippen LogP contribution in [-0.2, 0) is 16.0 Å². The highest BCUT2D eigenvalue weighted by molar-refractivity contribution is 5.80. The maximum atomic E-state index is 13.2. The van der Waals surface area contributed by atoms with Gasteiger partial charge in [0, 0.05) is 19.5 Å². The zero-order valence-electron chi connectivity index (χ0n) is 16.5. The molecule has 1 atom stereocenters. The highest BCUT2D eigenvalue weighted by Crippen LogP contribution is 2.26. The number of hydrogen-bond acceptors (Lipinski definition) is 2. The van der Waals surface area contributed by atoms with Crippen molar-refractivity contribution in [2.45, 2.75) is 51.0 Å². The first kappa shape index (κ1) is 20.1. The van der Waals surface area contributed by atoms with E-state index in [0.29, 0.717) is 19.4 Å². The summed E-state index contributed by atoms with van der Waals surface area (Å²) in [5.41, 5.74) is 2.20. The predicted octanol–water partition coefficient (Wildman–Crippen LogP) is 4.27. The van der Waals surface area contributed by atoms with Crippen LogP contribution >= 0.6 is 0 Å². The fraction of sp³-hybridized carbons (Fsp3) is 0.417. The van der Waals surface area contributed by atoms with Crippen LogP contribution in [0.5, 0.6) is 0 Å². The second-order valence-electron chi connectivity index (χ2n) is 7.47. The lowest BCUT2D eigenvalue weighted by Gasteiger charge is -2.32. The molecule has 1 unspecified atom stereocenters. The monoisotopic (exact) mass is 378 g/mol. The van der Waals surface area contributed by atoms with E-state index in [1.54, 1.807) is 0 Å². The van der Waals surface area contributed by atoms with Gasteiger partial charge in [-0.2, -0.15) is 0 Å². The Morgan fingerprint density at radius 3 is 2.36 bits per heavy atom. The number of amides is 2. The molecule has 148 valence electrons. The van der Waals surface area contributed by atoms with Crippen LogP contribution in [0.2, 0.25) is 0 Å². The first-order valence-corrected chi connectivity index (χ1v) is 10.4. The Morgan fingerprint density at radius 1 is 0.929 bits per heavy atom. The van der Waals surface area contributed by atoms with E-state index in [2.05, 4.69) is 17.4 Å². The van der Waals surface area contributed by atoms with Crippen molar-refractivity contribution < 1.29 is 9.59 Å². The van der Waals surface area contributed by atoms with E-state index < -0.39 is 0 Å². The number of carbonyl (C=O) groups is 2. The van der Waals surface area contributed by atoms with E-state index in [1.807, 2.05) is 53.4 Å². The normalized spacial score (nSPS) is 18.8. The molecule has 0 bridgehead atoms. The van der Waals surface area contributed by atoms with Crippen molar-refractivity contribution in [3.8, 4) is 0 Å². The lowest BCUT2D eigenvalue weighted by atomic mass is 9.99. The third kappa shape index (κ3) is 5.95. The van der Waals surface area contributed by atoms with Crippen LogP contribution < -0.4 is 5.32 Å². The van der Waals surface area contributed by atoms with Gasteiger partial charge in [0.15, 0.2) is 0 Å². The zero-order chi connectivity index (χ0) is 19.6. The molecule has 0 radical (unpaired) electrons. The molecule has 1 aliphatic rings. The summed E-state index contributed by atoms with van der Waals surface area (Å²) in [6.07, 6.45) is 5.67. The van der Waals surface area contributed by atoms with Crippen LogP contribution in [0.1, 0.15) is 55.7 Å². The van der Waals surface area contributed by atoms with Crippen LogP contribution in [0.4, 0.5) is 0 Å². The molecule has 1 saturated heterocycles. The summed E-state index contributed by atoms with van der Waals surface area (Å²) in [5, 5.41) is 3.02. The molecule has 1 fully saturated rings. The minimum atomic E-state index is -0.206. The Kier molecular flexibility index (Phi) is 7.65. The molecule has 2 aromatic carbocycles. The van der Waals surface area contributed by atoms with Crippen molar-refractivity contribution in [3.05, 3.63) is 71.8 Å². The van der Waals surface area contributed by atoms with E-state index in [-0.39, 0.29) is 17.9 Å². The van der Waals surface area contributed by atoms with Crippen molar-refractivity contribution in [2.24, 2.45) is 0 Å². The molecule has 28 heavy (non-hydrogen) atoms. The van der Waals surface area contributed by atoms with Crippen molar-refractivity contribution in [1.29, 1.82) is 0 Å². The number of rotatable bonds is 4. The number of nitrogens with zero attached hydrogens (tertiary/aromatic N) is 1. The van der Waals surface area contributed by atoms with Gasteiger partial charge >= 0.3 is 0 Å². The van der Waals surface area contributed by atoms with Gasteiger partial charge in [-0.1, -0.05) is 73.5 Å². The summed E-state index contributed by atoms with van der Waals surface area (Å²) < 4.78 is 0. The smallest absolute Gasteiger partial charge is 0.223 e. The molecule has 4 heteroatoms. The van der Waals surface area contributed by atoms with E-state index in [0.717, 1.165) is 44.2 Å². The fourth-order valence-corrected chi connectivity index (χ4v) is 3.81. The molecule has 3 rings (SSSR count). The minimum absolute atomic E-state index is 0.0246. The summed E-state index contributed by atoms with van der Waals surface area (Å²) >= 11 is 0. The maximum Gasteiger partial charge on any atom is 0.223 e. The van der Waals surface area contributed by atoms with Gasteiger partial charge in [0.1, 0.15) is 0 Å². The van der Waals surface area contributed by atoms with Gasteiger partial charge in [0.05, 0.1) is 12.5 Å². The Bertz CT molecular complexity index is 746. The highest BCUT2D eigenvalue weighted by Gasteiger charge is 2.27. The molecule has 0 aromatic heterocycles. The zero-order valence-corrected chi connectivity index (χ0v) is 16.5. The topological polar surface area (TPSA) is 49.4 Å². The minimum Gasteiger partial charge on any atom is -0.356 e. The van der Waals surface area contributed by atoms with Crippen molar-refractivity contribution in [1.82, 2.24) is 10.2 Å². The molecular formula is C24H30N2O2. The quantitative estimate of drug-likeness (QED) is 0.864. The Morgan fingerprint density at radius 2 is 1.61 bits per heavy atom. The fourth-order valence-electron chi connectivity index (χ4n) is 3.81. The Balaban J connectivity index is 1.79. The molecule has 0 spiro atoms. The Labute approximate surface area is 167 Å². The second-order valence-corrected chi connectivity index (χ2v) is 7.47. The van der Waals surface area contributed by atoms with Gasteiger partial charge in [-0.3, -0.25) is 9.59 Å². The number of hydrogen-bond donors (Lipinski definition) is 1. The third-order valence-electron chi connectivity index (χ3n) is 5.38. The van der Waals surface area contributed by atoms with Crippen LogP contribution in [-0.4, -0.2) is 29.8 Å². The third-order valence-corrected chi connectivity index (χ3v) is 5.38. The van der Waals surface area contributed by atoms with Gasteiger partial charge in [-0.05, 0) is 30.4 Å². The molecule has 2 aromatic rings. The number of benzene rings is 2. The van der Waals surface area contributed by atoms with Crippen LogP contribution in [0.15, 0.2) is 60.7 Å². The van der Waals surface area contributed by atoms with Gasteiger partial charge in [-0.25, -0.2) is 0 Å². The average Bonchev–Trinajstić information content (AvgIpc) is 2.78. The standard InChI is InChI=1S/C24H30N2O2/c27-23-19-22(21-13-7-4-8-14-21)26(18-10-2-1-9-17-25-23)24(28)16-15-20-11-5-3-6-12-20/h3-8,11-14,22H,1-2,9-10,15-19H2,(H,25,27). The van der Waals surface area contributed by atoms with Crippen molar-refractivity contribution >= 4 is 11.8 Å². The summed E-state index contributed by atoms with van der Waals surface area (Å²) in [6, 6.07) is 19.9. The lowest BCUT2D eigenvalue weighted by Crippen LogP contribution is -2.38. The number of nitrogens with one attached hydrogen (secondary N) is 1. The molecular weight excluding hydrogens is 348 g/mol. The first-order valence-electron chi connectivity index (χ1n) is 10.4. The van der Waals surface area contributed by atoms with Crippen LogP contribution in [0, 0.1) is 0 Å². The van der Waals surface area contributed by atoms with Gasteiger partial charge in [-0.15, -0.1) is 0 Å². The van der Waals surface area contributed by atoms with E-state index in [1.165, 1.54) is 5.56 Å². The number of carbonyl (C=O) groups excluding carboxylic acids is 2. The van der Waals surface area contributed by atoms with Gasteiger partial charge in [0.25, 0.3) is 0 Å². The van der Waals surface area contributed by atoms with Crippen molar-refractivity contribution in [2.75, 3.05) is 13.1 Å². The predicted molar refractivity (Wildman–Crippen MR) is 112 cm³/mol. The van der Waals surface area contributed by atoms with E-state index in [4.69, 9.17) is 0 Å². The summed E-state index contributed by atoms with van der Waals surface area (Å²) in [6.45, 7) is 1.43. The lowest BCUT2D eigenvalue weighted by molar-refractivity contribution is -0.135. The average molecular weight is 379 g/mol. The summed E-state index contributed by atoms with van der Waals surface area (Å²) in [4.78, 5) is 27.6. The van der Waals surface area contributed by atoms with Gasteiger partial charge < -0.3 is 10.2 Å². The van der Waals surface area contributed by atoms with Crippen molar-refractivity contribution in [3.63, 3.8) is 0 Å². The molecule has 4 nitrogen and oxygen atoms in total. The first-order chi connectivity index (χ1) is 13.7. The second kappa shape index (κ2) is 10.6. The SMILES string of the molecule is O=C1CC(c2ccccc2)N(C(=O)CCc2ccccc2)CCCCCCN1. The molecule has 2 amide bonds. The van der Waals surface area contributed by atoms with E-state index in [9.17, 15) is 9.59 Å². The Hall–Kier alpha value is -2.62. The summed E-state index contributed by atoms with van der Waals surface area (Å²) in [5.74, 6) is 0.154. The molecule has 0 aliphatic carbocycles. The largest absolute Gasteiger partial charge is 0.356 e. The van der Waals surface area contributed by atoms with Gasteiger partial charge in [0.2, 0.25) is 11.8 Å². The summed E-state index contributed by atoms with van der Waals surface area (Å²) in [7, 11) is 0. The maximum absolute atomic E-state index is 13.2. The molecule has 1 aliphatic heterocycles.